The van der Waals surface area contributed by atoms with Crippen LogP contribution in [-0.4, -0.2) is 52.5 Å². The molecule has 0 aromatic carbocycles. The van der Waals surface area contributed by atoms with Gasteiger partial charge in [0.15, 0.2) is 0 Å². The van der Waals surface area contributed by atoms with E-state index in [0.29, 0.717) is 13.0 Å². The molecule has 0 aromatic heterocycles. The summed E-state index contributed by atoms with van der Waals surface area (Å²) in [6, 6.07) is -0.707. The molecule has 2 heterocycles. The van der Waals surface area contributed by atoms with Crippen molar-refractivity contribution in [3.8, 4) is 0 Å². The predicted octanol–water partition coefficient (Wildman–Crippen LogP) is 2.25. The zero-order valence-electron chi connectivity index (χ0n) is 16.7. The SMILES string of the molecule is CC(=O)NNC(=O)C1CC2(CC2)C2CN1C(=O)N2OC1CCCCCCCC1. The molecule has 1 spiro atoms. The van der Waals surface area contributed by atoms with E-state index in [1.54, 1.807) is 9.96 Å². The average Bonchev–Trinajstić information content (AvgIpc) is 3.35. The maximum Gasteiger partial charge on any atom is 0.345 e. The Morgan fingerprint density at radius 3 is 2.29 bits per heavy atom. The Bertz CT molecular complexity index is 626. The maximum atomic E-state index is 13.1. The van der Waals surface area contributed by atoms with Crippen molar-refractivity contribution in [1.82, 2.24) is 20.8 Å². The van der Waals surface area contributed by atoms with Crippen molar-refractivity contribution in [2.45, 2.75) is 95.7 Å². The fraction of sp³-hybridized carbons (Fsp3) is 0.850. The van der Waals surface area contributed by atoms with Crippen LogP contribution in [0.15, 0.2) is 0 Å². The normalized spacial score (nSPS) is 29.8. The highest BCUT2D eigenvalue weighted by molar-refractivity contribution is 5.90. The number of piperidine rings is 1. The van der Waals surface area contributed by atoms with Gasteiger partial charge in [0, 0.05) is 13.5 Å². The summed E-state index contributed by atoms with van der Waals surface area (Å²) < 4.78 is 0. The van der Waals surface area contributed by atoms with Crippen LogP contribution in [0.4, 0.5) is 4.79 Å². The van der Waals surface area contributed by atoms with Gasteiger partial charge in [-0.25, -0.2) is 4.79 Å². The lowest BCUT2D eigenvalue weighted by atomic mass is 9.85. The van der Waals surface area contributed by atoms with E-state index in [9.17, 15) is 14.4 Å². The number of nitrogens with one attached hydrogen (secondary N) is 2. The lowest BCUT2D eigenvalue weighted by Crippen LogP contribution is -2.55. The number of nitrogens with zero attached hydrogens (tertiary/aromatic N) is 2. The third-order valence-corrected chi connectivity index (χ3v) is 6.89. The third kappa shape index (κ3) is 3.83. The minimum atomic E-state index is -0.549. The molecule has 2 aliphatic heterocycles. The number of hydrogen-bond donors (Lipinski definition) is 2. The summed E-state index contributed by atoms with van der Waals surface area (Å²) in [5.74, 6) is -0.654. The molecule has 2 bridgehead atoms. The molecule has 2 saturated heterocycles. The first-order chi connectivity index (χ1) is 13.5. The van der Waals surface area contributed by atoms with E-state index in [2.05, 4.69) is 10.9 Å². The molecule has 4 fully saturated rings. The van der Waals surface area contributed by atoms with Gasteiger partial charge >= 0.3 is 6.03 Å². The third-order valence-electron chi connectivity index (χ3n) is 6.89. The van der Waals surface area contributed by atoms with Gasteiger partial charge in [0.2, 0.25) is 5.91 Å². The summed E-state index contributed by atoms with van der Waals surface area (Å²) >= 11 is 0. The zero-order chi connectivity index (χ0) is 19.7. The van der Waals surface area contributed by atoms with E-state index < -0.39 is 6.04 Å². The molecular weight excluding hydrogens is 360 g/mol. The molecule has 8 nitrogen and oxygen atoms in total. The number of carbonyl (C=O) groups is 3. The summed E-state index contributed by atoms with van der Waals surface area (Å²) in [6.07, 6.45) is 12.1. The van der Waals surface area contributed by atoms with Crippen LogP contribution in [0.5, 0.6) is 0 Å². The van der Waals surface area contributed by atoms with E-state index in [0.717, 1.165) is 38.5 Å². The molecule has 28 heavy (non-hydrogen) atoms. The summed E-state index contributed by atoms with van der Waals surface area (Å²) in [7, 11) is 0. The molecular formula is C20H32N4O4. The number of carbonyl (C=O) groups excluding carboxylic acids is 3. The van der Waals surface area contributed by atoms with Crippen LogP contribution in [-0.2, 0) is 14.4 Å². The topological polar surface area (TPSA) is 91.0 Å². The van der Waals surface area contributed by atoms with Crippen LogP contribution in [0.3, 0.4) is 0 Å². The predicted molar refractivity (Wildman–Crippen MR) is 102 cm³/mol. The molecule has 2 aliphatic carbocycles. The highest BCUT2D eigenvalue weighted by atomic mass is 16.7. The lowest BCUT2D eigenvalue weighted by molar-refractivity contribution is -0.185. The van der Waals surface area contributed by atoms with E-state index >= 15 is 0 Å². The van der Waals surface area contributed by atoms with Gasteiger partial charge in [0.05, 0.1) is 12.1 Å². The molecule has 4 amide bonds. The Hall–Kier alpha value is -1.83. The second kappa shape index (κ2) is 7.89. The summed E-state index contributed by atoms with van der Waals surface area (Å²) in [4.78, 5) is 44.7. The molecule has 2 unspecified atom stereocenters. The molecule has 4 rings (SSSR count). The van der Waals surface area contributed by atoms with Gasteiger partial charge in [-0.2, -0.15) is 5.06 Å². The highest BCUT2D eigenvalue weighted by Crippen LogP contribution is 2.59. The molecule has 4 aliphatic rings. The molecule has 2 N–H and O–H groups in total. The number of urea groups is 1. The van der Waals surface area contributed by atoms with Crippen molar-refractivity contribution >= 4 is 17.8 Å². The van der Waals surface area contributed by atoms with Crippen molar-refractivity contribution in [2.24, 2.45) is 5.41 Å². The zero-order valence-corrected chi connectivity index (χ0v) is 16.7. The van der Waals surface area contributed by atoms with E-state index in [1.807, 2.05) is 0 Å². The minimum Gasteiger partial charge on any atom is -0.309 e. The first-order valence-corrected chi connectivity index (χ1v) is 10.8. The summed E-state index contributed by atoms with van der Waals surface area (Å²) in [5, 5.41) is 1.61. The van der Waals surface area contributed by atoms with Gasteiger partial charge in [-0.15, -0.1) is 0 Å². The minimum absolute atomic E-state index is 0.0145. The molecule has 2 saturated carbocycles. The highest BCUT2D eigenvalue weighted by Gasteiger charge is 2.64. The fourth-order valence-electron chi connectivity index (χ4n) is 5.08. The van der Waals surface area contributed by atoms with Crippen LogP contribution in [0.1, 0.15) is 77.6 Å². The van der Waals surface area contributed by atoms with Gasteiger partial charge in [-0.05, 0) is 37.5 Å². The molecule has 2 atom stereocenters. The number of rotatable bonds is 3. The molecule has 8 heteroatoms. The maximum absolute atomic E-state index is 13.1. The van der Waals surface area contributed by atoms with Gasteiger partial charge in [-0.1, -0.05) is 38.5 Å². The second-order valence-corrected chi connectivity index (χ2v) is 8.96. The number of hydrogen-bond acceptors (Lipinski definition) is 4. The van der Waals surface area contributed by atoms with Crippen LogP contribution >= 0.6 is 0 Å². The van der Waals surface area contributed by atoms with Gasteiger partial charge in [0.25, 0.3) is 5.91 Å². The first kappa shape index (κ1) is 19.5. The van der Waals surface area contributed by atoms with Crippen LogP contribution < -0.4 is 10.9 Å². The van der Waals surface area contributed by atoms with Crippen molar-refractivity contribution in [3.05, 3.63) is 0 Å². The van der Waals surface area contributed by atoms with E-state index in [4.69, 9.17) is 4.84 Å². The number of hydrazine groups is 1. The van der Waals surface area contributed by atoms with E-state index in [1.165, 1.54) is 32.6 Å². The Morgan fingerprint density at radius 1 is 1.04 bits per heavy atom. The van der Waals surface area contributed by atoms with Gasteiger partial charge < -0.3 is 4.90 Å². The standard InChI is InChI=1S/C20H32N4O4/c1-14(25)21-22-18(26)16-12-20(10-11-20)17-13-23(16)19(27)24(17)28-15-8-6-4-2-3-5-7-9-15/h15-17H,2-13H2,1H3,(H,21,25)(H,22,26). The van der Waals surface area contributed by atoms with Crippen LogP contribution in [0, 0.1) is 5.41 Å². The molecule has 0 radical (unpaired) electrons. The van der Waals surface area contributed by atoms with Crippen molar-refractivity contribution < 1.29 is 19.2 Å². The van der Waals surface area contributed by atoms with Crippen LogP contribution in [0.2, 0.25) is 0 Å². The van der Waals surface area contributed by atoms with Crippen LogP contribution in [0.25, 0.3) is 0 Å². The molecule has 156 valence electrons. The number of hydroxylamine groups is 2. The van der Waals surface area contributed by atoms with Crippen molar-refractivity contribution in [3.63, 3.8) is 0 Å². The number of amides is 4. The Balaban J connectivity index is 1.45. The second-order valence-electron chi connectivity index (χ2n) is 8.96. The summed E-state index contributed by atoms with van der Waals surface area (Å²) in [5.41, 5.74) is 4.77. The van der Waals surface area contributed by atoms with Gasteiger partial charge in [0.1, 0.15) is 6.04 Å². The largest absolute Gasteiger partial charge is 0.345 e. The Labute approximate surface area is 166 Å². The van der Waals surface area contributed by atoms with Gasteiger partial charge in [-0.3, -0.25) is 25.3 Å². The Morgan fingerprint density at radius 2 is 1.68 bits per heavy atom. The lowest BCUT2D eigenvalue weighted by Gasteiger charge is -2.36. The quantitative estimate of drug-likeness (QED) is 0.721. The summed E-state index contributed by atoms with van der Waals surface area (Å²) in [6.45, 7) is 1.87. The average molecular weight is 393 g/mol. The first-order valence-electron chi connectivity index (χ1n) is 10.8. The molecule has 0 aromatic rings. The monoisotopic (exact) mass is 392 g/mol. The fourth-order valence-corrected chi connectivity index (χ4v) is 5.08. The Kier molecular flexibility index (Phi) is 5.49. The smallest absolute Gasteiger partial charge is 0.309 e. The van der Waals surface area contributed by atoms with Crippen molar-refractivity contribution in [1.29, 1.82) is 0 Å². The number of fused-ring (bicyclic) bond motifs is 3. The van der Waals surface area contributed by atoms with Crippen molar-refractivity contribution in [2.75, 3.05) is 6.54 Å². The van der Waals surface area contributed by atoms with E-state index in [-0.39, 0.29) is 35.4 Å².